The normalized spacial score (nSPS) is 30.2. The standard InChI is InChI=1S/C17H25NO3/c1-4-17(3)15(9-16(17)19-5-2)18-10-12-6-7-13-14(8-12)21-11-20-13/h6-8,15-16,18H,4-5,9-11H2,1-3H3. The van der Waals surface area contributed by atoms with Gasteiger partial charge < -0.3 is 19.5 Å². The minimum atomic E-state index is 0.242. The summed E-state index contributed by atoms with van der Waals surface area (Å²) in [5.41, 5.74) is 1.48. The summed E-state index contributed by atoms with van der Waals surface area (Å²) in [7, 11) is 0. The van der Waals surface area contributed by atoms with Crippen molar-refractivity contribution in [1.29, 1.82) is 0 Å². The van der Waals surface area contributed by atoms with E-state index in [4.69, 9.17) is 14.2 Å². The number of benzene rings is 1. The van der Waals surface area contributed by atoms with Crippen LogP contribution >= 0.6 is 0 Å². The van der Waals surface area contributed by atoms with E-state index in [1.807, 2.05) is 6.07 Å². The third-order valence-corrected chi connectivity index (χ3v) is 5.10. The van der Waals surface area contributed by atoms with Crippen LogP contribution in [0.4, 0.5) is 0 Å². The first-order valence-electron chi connectivity index (χ1n) is 7.91. The fraction of sp³-hybridized carbons (Fsp3) is 0.647. The topological polar surface area (TPSA) is 39.7 Å². The summed E-state index contributed by atoms with van der Waals surface area (Å²) in [4.78, 5) is 0. The van der Waals surface area contributed by atoms with E-state index in [9.17, 15) is 0 Å². The molecule has 21 heavy (non-hydrogen) atoms. The second kappa shape index (κ2) is 5.85. The molecule has 1 N–H and O–H groups in total. The van der Waals surface area contributed by atoms with Gasteiger partial charge >= 0.3 is 0 Å². The van der Waals surface area contributed by atoms with Crippen LogP contribution in [0.1, 0.15) is 39.2 Å². The van der Waals surface area contributed by atoms with Gasteiger partial charge in [-0.15, -0.1) is 0 Å². The lowest BCUT2D eigenvalue weighted by atomic mass is 9.61. The lowest BCUT2D eigenvalue weighted by Crippen LogP contribution is -2.61. The molecule has 1 fully saturated rings. The van der Waals surface area contributed by atoms with Crippen molar-refractivity contribution in [2.75, 3.05) is 13.4 Å². The molecule has 1 heterocycles. The number of hydrogen-bond donors (Lipinski definition) is 1. The van der Waals surface area contributed by atoms with Gasteiger partial charge in [0.25, 0.3) is 0 Å². The Morgan fingerprint density at radius 2 is 2.10 bits per heavy atom. The second-order valence-electron chi connectivity index (χ2n) is 6.16. The van der Waals surface area contributed by atoms with Crippen molar-refractivity contribution in [2.45, 2.75) is 52.3 Å². The molecule has 0 radical (unpaired) electrons. The van der Waals surface area contributed by atoms with Crippen LogP contribution < -0.4 is 14.8 Å². The molecule has 4 heteroatoms. The number of hydrogen-bond acceptors (Lipinski definition) is 4. The molecule has 116 valence electrons. The van der Waals surface area contributed by atoms with E-state index >= 15 is 0 Å². The lowest BCUT2D eigenvalue weighted by molar-refractivity contribution is -0.126. The van der Waals surface area contributed by atoms with Crippen LogP contribution in [0.2, 0.25) is 0 Å². The molecule has 3 atom stereocenters. The Bertz CT molecular complexity index is 505. The van der Waals surface area contributed by atoms with E-state index in [0.29, 0.717) is 18.9 Å². The van der Waals surface area contributed by atoms with Gasteiger partial charge in [-0.3, -0.25) is 0 Å². The van der Waals surface area contributed by atoms with Gasteiger partial charge in [0.1, 0.15) is 0 Å². The Morgan fingerprint density at radius 3 is 2.86 bits per heavy atom. The molecule has 1 aliphatic heterocycles. The van der Waals surface area contributed by atoms with Gasteiger partial charge in [-0.2, -0.15) is 0 Å². The third-order valence-electron chi connectivity index (χ3n) is 5.10. The summed E-state index contributed by atoms with van der Waals surface area (Å²) < 4.78 is 16.6. The van der Waals surface area contributed by atoms with Crippen LogP contribution in [0.3, 0.4) is 0 Å². The highest BCUT2D eigenvalue weighted by Crippen LogP contribution is 2.46. The zero-order valence-electron chi connectivity index (χ0n) is 13.1. The van der Waals surface area contributed by atoms with Crippen molar-refractivity contribution in [3.05, 3.63) is 23.8 Å². The highest BCUT2D eigenvalue weighted by molar-refractivity contribution is 5.44. The molecule has 0 aromatic heterocycles. The van der Waals surface area contributed by atoms with E-state index in [1.54, 1.807) is 0 Å². The van der Waals surface area contributed by atoms with Crippen LogP contribution in [-0.2, 0) is 11.3 Å². The van der Waals surface area contributed by atoms with Gasteiger partial charge in [-0.25, -0.2) is 0 Å². The average molecular weight is 291 g/mol. The molecule has 0 saturated heterocycles. The van der Waals surface area contributed by atoms with E-state index < -0.39 is 0 Å². The van der Waals surface area contributed by atoms with E-state index in [2.05, 4.69) is 38.2 Å². The quantitative estimate of drug-likeness (QED) is 0.874. The van der Waals surface area contributed by atoms with Crippen molar-refractivity contribution in [3.63, 3.8) is 0 Å². The van der Waals surface area contributed by atoms with Crippen molar-refractivity contribution < 1.29 is 14.2 Å². The van der Waals surface area contributed by atoms with Crippen molar-refractivity contribution in [1.82, 2.24) is 5.32 Å². The summed E-state index contributed by atoms with van der Waals surface area (Å²) in [5, 5.41) is 3.68. The monoisotopic (exact) mass is 291 g/mol. The van der Waals surface area contributed by atoms with E-state index in [0.717, 1.165) is 37.5 Å². The van der Waals surface area contributed by atoms with Crippen LogP contribution in [0, 0.1) is 5.41 Å². The molecular weight excluding hydrogens is 266 g/mol. The Kier molecular flexibility index (Phi) is 4.09. The predicted octanol–water partition coefficient (Wildman–Crippen LogP) is 3.10. The Balaban J connectivity index is 1.58. The molecule has 1 saturated carbocycles. The number of rotatable bonds is 6. The minimum Gasteiger partial charge on any atom is -0.454 e. The Hall–Kier alpha value is -1.26. The fourth-order valence-electron chi connectivity index (χ4n) is 3.36. The zero-order valence-corrected chi connectivity index (χ0v) is 13.1. The SMILES string of the molecule is CCOC1CC(NCc2ccc3c(c2)OCO3)C1(C)CC. The van der Waals surface area contributed by atoms with Gasteiger partial charge in [0.05, 0.1) is 6.10 Å². The lowest BCUT2D eigenvalue weighted by Gasteiger charge is -2.53. The number of ether oxygens (including phenoxy) is 3. The molecule has 1 aromatic carbocycles. The van der Waals surface area contributed by atoms with Crippen LogP contribution in [0.15, 0.2) is 18.2 Å². The Labute approximate surface area is 126 Å². The van der Waals surface area contributed by atoms with Crippen molar-refractivity contribution >= 4 is 0 Å². The Morgan fingerprint density at radius 1 is 1.29 bits per heavy atom. The van der Waals surface area contributed by atoms with Gasteiger partial charge in [0.2, 0.25) is 6.79 Å². The smallest absolute Gasteiger partial charge is 0.231 e. The third kappa shape index (κ3) is 2.62. The highest BCUT2D eigenvalue weighted by atomic mass is 16.7. The minimum absolute atomic E-state index is 0.242. The molecule has 1 aliphatic carbocycles. The molecule has 0 bridgehead atoms. The molecule has 3 rings (SSSR count). The summed E-state index contributed by atoms with van der Waals surface area (Å²) in [6.45, 7) is 8.64. The first kappa shape index (κ1) is 14.7. The molecule has 0 amide bonds. The molecule has 0 spiro atoms. The first-order valence-corrected chi connectivity index (χ1v) is 7.91. The predicted molar refractivity (Wildman–Crippen MR) is 81.6 cm³/mol. The summed E-state index contributed by atoms with van der Waals surface area (Å²) in [6.07, 6.45) is 2.63. The summed E-state index contributed by atoms with van der Waals surface area (Å²) >= 11 is 0. The molecule has 4 nitrogen and oxygen atoms in total. The fourth-order valence-corrected chi connectivity index (χ4v) is 3.36. The van der Waals surface area contributed by atoms with Crippen molar-refractivity contribution in [2.24, 2.45) is 5.41 Å². The summed E-state index contributed by atoms with van der Waals surface area (Å²) in [6, 6.07) is 6.67. The zero-order chi connectivity index (χ0) is 14.9. The molecule has 3 unspecified atom stereocenters. The van der Waals surface area contributed by atoms with E-state index in [-0.39, 0.29) is 5.41 Å². The van der Waals surface area contributed by atoms with Crippen LogP contribution in [-0.4, -0.2) is 25.5 Å². The van der Waals surface area contributed by atoms with Crippen LogP contribution in [0.25, 0.3) is 0 Å². The average Bonchev–Trinajstić information content (AvgIpc) is 2.96. The maximum atomic E-state index is 5.85. The van der Waals surface area contributed by atoms with Gasteiger partial charge in [-0.05, 0) is 37.5 Å². The maximum Gasteiger partial charge on any atom is 0.231 e. The number of nitrogens with one attached hydrogen (secondary N) is 1. The highest BCUT2D eigenvalue weighted by Gasteiger charge is 2.50. The summed E-state index contributed by atoms with van der Waals surface area (Å²) in [5.74, 6) is 1.70. The van der Waals surface area contributed by atoms with E-state index in [1.165, 1.54) is 5.56 Å². The van der Waals surface area contributed by atoms with Crippen molar-refractivity contribution in [3.8, 4) is 11.5 Å². The maximum absolute atomic E-state index is 5.85. The molecule has 1 aromatic rings. The van der Waals surface area contributed by atoms with Crippen LogP contribution in [0.5, 0.6) is 11.5 Å². The largest absolute Gasteiger partial charge is 0.454 e. The number of fused-ring (bicyclic) bond motifs is 1. The van der Waals surface area contributed by atoms with Gasteiger partial charge in [0, 0.05) is 24.6 Å². The molecule has 2 aliphatic rings. The van der Waals surface area contributed by atoms with Gasteiger partial charge in [-0.1, -0.05) is 19.9 Å². The molecular formula is C17H25NO3. The van der Waals surface area contributed by atoms with Gasteiger partial charge in [0.15, 0.2) is 11.5 Å². The second-order valence-corrected chi connectivity index (χ2v) is 6.16. The first-order chi connectivity index (χ1) is 10.2.